The SMILES string of the molecule is Cc1cc(-c2ccccc2)n(-c2ccc3[nH]c(CNc4ccc(C(=N)N)cc4)nc3c2C)n1.Cl. The molecule has 5 aromatic rings. The zero-order valence-corrected chi connectivity index (χ0v) is 19.8. The molecule has 5 rings (SSSR count). The van der Waals surface area contributed by atoms with Gasteiger partial charge in [0.2, 0.25) is 0 Å². The van der Waals surface area contributed by atoms with Crippen LogP contribution in [0, 0.1) is 19.3 Å². The summed E-state index contributed by atoms with van der Waals surface area (Å²) in [6.07, 6.45) is 0. The summed E-state index contributed by atoms with van der Waals surface area (Å²) in [6.45, 7) is 4.65. The van der Waals surface area contributed by atoms with Gasteiger partial charge in [-0.15, -0.1) is 12.4 Å². The van der Waals surface area contributed by atoms with E-state index in [1.807, 2.05) is 54.1 Å². The van der Waals surface area contributed by atoms with Gasteiger partial charge in [-0.3, -0.25) is 5.41 Å². The molecule has 0 aliphatic rings. The Kier molecular flexibility index (Phi) is 6.38. The van der Waals surface area contributed by atoms with E-state index < -0.39 is 0 Å². The molecule has 5 N–H and O–H groups in total. The van der Waals surface area contributed by atoms with Crippen molar-refractivity contribution in [3.05, 3.63) is 95.4 Å². The number of nitrogens with two attached hydrogens (primary N) is 1. The van der Waals surface area contributed by atoms with E-state index in [-0.39, 0.29) is 18.2 Å². The van der Waals surface area contributed by atoms with E-state index in [2.05, 4.69) is 47.6 Å². The Hall–Kier alpha value is -4.10. The van der Waals surface area contributed by atoms with Gasteiger partial charge in [-0.25, -0.2) is 9.67 Å². The Morgan fingerprint density at radius 3 is 2.47 bits per heavy atom. The molecule has 8 heteroatoms. The van der Waals surface area contributed by atoms with Crippen LogP contribution >= 0.6 is 12.4 Å². The number of hydrogen-bond acceptors (Lipinski definition) is 4. The van der Waals surface area contributed by atoms with Crippen LogP contribution in [0.25, 0.3) is 28.0 Å². The summed E-state index contributed by atoms with van der Waals surface area (Å²) in [5, 5.41) is 15.6. The van der Waals surface area contributed by atoms with Crippen LogP contribution in [-0.4, -0.2) is 25.6 Å². The van der Waals surface area contributed by atoms with Crippen LogP contribution in [-0.2, 0) is 6.54 Å². The van der Waals surface area contributed by atoms with Gasteiger partial charge in [-0.2, -0.15) is 5.10 Å². The molecule has 0 fully saturated rings. The van der Waals surface area contributed by atoms with E-state index in [1.54, 1.807) is 0 Å². The summed E-state index contributed by atoms with van der Waals surface area (Å²) >= 11 is 0. The zero-order valence-electron chi connectivity index (χ0n) is 19.0. The van der Waals surface area contributed by atoms with Gasteiger partial charge in [-0.1, -0.05) is 30.3 Å². The molecule has 0 radical (unpaired) electrons. The number of amidine groups is 1. The molecular weight excluding hydrogens is 446 g/mol. The molecule has 0 unspecified atom stereocenters. The predicted molar refractivity (Wildman–Crippen MR) is 140 cm³/mol. The van der Waals surface area contributed by atoms with Crippen molar-refractivity contribution in [1.82, 2.24) is 19.7 Å². The third-order valence-corrected chi connectivity index (χ3v) is 5.71. The largest absolute Gasteiger partial charge is 0.384 e. The number of aromatic nitrogens is 4. The summed E-state index contributed by atoms with van der Waals surface area (Å²) in [4.78, 5) is 8.26. The lowest BCUT2D eigenvalue weighted by molar-refractivity contribution is 0.864. The lowest BCUT2D eigenvalue weighted by atomic mass is 10.1. The minimum atomic E-state index is 0. The van der Waals surface area contributed by atoms with Crippen molar-refractivity contribution in [3.8, 4) is 16.9 Å². The predicted octanol–water partition coefficient (Wildman–Crippen LogP) is 5.35. The normalized spacial score (nSPS) is 10.8. The molecule has 0 amide bonds. The molecule has 2 heterocycles. The average molecular weight is 472 g/mol. The number of benzene rings is 3. The second-order valence-corrected chi connectivity index (χ2v) is 8.08. The van der Waals surface area contributed by atoms with Crippen molar-refractivity contribution < 1.29 is 0 Å². The third-order valence-electron chi connectivity index (χ3n) is 5.71. The smallest absolute Gasteiger partial charge is 0.126 e. The molecule has 0 saturated carbocycles. The Labute approximate surface area is 204 Å². The summed E-state index contributed by atoms with van der Waals surface area (Å²) < 4.78 is 2.00. The Balaban J connectivity index is 0.00000274. The topological polar surface area (TPSA) is 108 Å². The van der Waals surface area contributed by atoms with Gasteiger partial charge in [0.05, 0.1) is 34.7 Å². The summed E-state index contributed by atoms with van der Waals surface area (Å²) in [6, 6.07) is 24.0. The van der Waals surface area contributed by atoms with Gasteiger partial charge in [0.15, 0.2) is 0 Å². The fourth-order valence-corrected chi connectivity index (χ4v) is 4.02. The van der Waals surface area contributed by atoms with Gasteiger partial charge < -0.3 is 16.0 Å². The monoisotopic (exact) mass is 471 g/mol. The molecule has 2 aromatic heterocycles. The number of imidazole rings is 1. The number of nitrogens with one attached hydrogen (secondary N) is 3. The number of aromatic amines is 1. The molecule has 34 heavy (non-hydrogen) atoms. The minimum absolute atomic E-state index is 0. The Bertz CT molecular complexity index is 1450. The van der Waals surface area contributed by atoms with Crippen LogP contribution in [0.2, 0.25) is 0 Å². The number of fused-ring (bicyclic) bond motifs is 1. The van der Waals surface area contributed by atoms with Crippen LogP contribution < -0.4 is 11.1 Å². The van der Waals surface area contributed by atoms with Crippen molar-refractivity contribution in [3.63, 3.8) is 0 Å². The molecule has 0 aliphatic heterocycles. The van der Waals surface area contributed by atoms with Crippen LogP contribution in [0.1, 0.15) is 22.6 Å². The van der Waals surface area contributed by atoms with E-state index in [0.29, 0.717) is 12.1 Å². The summed E-state index contributed by atoms with van der Waals surface area (Å²) in [5.41, 5.74) is 14.3. The van der Waals surface area contributed by atoms with E-state index in [9.17, 15) is 0 Å². The first-order chi connectivity index (χ1) is 16.0. The van der Waals surface area contributed by atoms with E-state index in [1.165, 1.54) is 0 Å². The van der Waals surface area contributed by atoms with Crippen LogP contribution in [0.5, 0.6) is 0 Å². The first-order valence-electron chi connectivity index (χ1n) is 10.8. The third kappa shape index (κ3) is 4.38. The maximum Gasteiger partial charge on any atom is 0.126 e. The highest BCUT2D eigenvalue weighted by Gasteiger charge is 2.15. The molecule has 0 spiro atoms. The molecule has 172 valence electrons. The van der Waals surface area contributed by atoms with Crippen LogP contribution in [0.4, 0.5) is 5.69 Å². The second kappa shape index (κ2) is 9.41. The number of hydrogen-bond donors (Lipinski definition) is 4. The molecule has 0 bridgehead atoms. The van der Waals surface area contributed by atoms with Crippen molar-refractivity contribution >= 4 is 35.0 Å². The first kappa shape index (κ1) is 23.1. The lowest BCUT2D eigenvalue weighted by Crippen LogP contribution is -2.10. The highest BCUT2D eigenvalue weighted by molar-refractivity contribution is 5.95. The summed E-state index contributed by atoms with van der Waals surface area (Å²) in [5.74, 6) is 0.911. The standard InChI is InChI=1S/C26H25N7.ClH/c1-16-14-23(18-6-4-3-5-7-18)33(32-16)22-13-12-21-25(17(22)2)31-24(30-21)15-29-20-10-8-19(9-11-20)26(27)28;/h3-14,29H,15H2,1-2H3,(H3,27,28)(H,30,31);1H. The second-order valence-electron chi connectivity index (χ2n) is 8.08. The van der Waals surface area contributed by atoms with Gasteiger partial charge >= 0.3 is 0 Å². The van der Waals surface area contributed by atoms with Gasteiger partial charge in [0.25, 0.3) is 0 Å². The van der Waals surface area contributed by atoms with Crippen molar-refractivity contribution in [1.29, 1.82) is 5.41 Å². The van der Waals surface area contributed by atoms with E-state index in [0.717, 1.165) is 50.7 Å². The van der Waals surface area contributed by atoms with Gasteiger partial charge in [0.1, 0.15) is 11.7 Å². The maximum atomic E-state index is 7.50. The number of anilines is 1. The van der Waals surface area contributed by atoms with E-state index in [4.69, 9.17) is 21.2 Å². The number of nitrogen functional groups attached to an aromatic ring is 1. The van der Waals surface area contributed by atoms with Crippen molar-refractivity contribution in [2.75, 3.05) is 5.32 Å². The molecule has 0 aliphatic carbocycles. The fourth-order valence-electron chi connectivity index (χ4n) is 4.02. The molecule has 0 atom stereocenters. The van der Waals surface area contributed by atoms with E-state index >= 15 is 0 Å². The Morgan fingerprint density at radius 1 is 1.03 bits per heavy atom. The molecule has 3 aromatic carbocycles. The van der Waals surface area contributed by atoms with Gasteiger partial charge in [-0.05, 0) is 56.3 Å². The molecule has 0 saturated heterocycles. The fraction of sp³-hybridized carbons (Fsp3) is 0.115. The number of halogens is 1. The number of H-pyrrole nitrogens is 1. The minimum Gasteiger partial charge on any atom is -0.384 e. The highest BCUT2D eigenvalue weighted by Crippen LogP contribution is 2.28. The highest BCUT2D eigenvalue weighted by atomic mass is 35.5. The van der Waals surface area contributed by atoms with Crippen LogP contribution in [0.15, 0.2) is 72.8 Å². The van der Waals surface area contributed by atoms with Crippen LogP contribution in [0.3, 0.4) is 0 Å². The number of aryl methyl sites for hydroxylation is 2. The lowest BCUT2D eigenvalue weighted by Gasteiger charge is -2.11. The molecule has 7 nitrogen and oxygen atoms in total. The Morgan fingerprint density at radius 2 is 1.76 bits per heavy atom. The number of nitrogens with zero attached hydrogens (tertiary/aromatic N) is 3. The average Bonchev–Trinajstić information content (AvgIpc) is 3.42. The quantitative estimate of drug-likeness (QED) is 0.198. The maximum absolute atomic E-state index is 7.50. The summed E-state index contributed by atoms with van der Waals surface area (Å²) in [7, 11) is 0. The zero-order chi connectivity index (χ0) is 22.9. The first-order valence-corrected chi connectivity index (χ1v) is 10.8. The van der Waals surface area contributed by atoms with Crippen molar-refractivity contribution in [2.45, 2.75) is 20.4 Å². The van der Waals surface area contributed by atoms with Crippen molar-refractivity contribution in [2.24, 2.45) is 5.73 Å². The molecular formula is C26H26ClN7. The number of rotatable bonds is 6. The van der Waals surface area contributed by atoms with Gasteiger partial charge in [0, 0.05) is 22.4 Å².